The highest BCUT2D eigenvalue weighted by atomic mass is 79.9. The number of rotatable bonds is 4. The maximum Gasteiger partial charge on any atom is 0.244 e. The highest BCUT2D eigenvalue weighted by Gasteiger charge is 2.23. The Hall–Kier alpha value is -1.44. The van der Waals surface area contributed by atoms with Gasteiger partial charge in [-0.15, -0.1) is 0 Å². The maximum atomic E-state index is 13.9. The van der Waals surface area contributed by atoms with Crippen molar-refractivity contribution < 1.29 is 9.18 Å². The molecule has 1 aromatic heterocycles. The molecule has 1 amide bonds. The molecule has 1 saturated heterocycles. The molecule has 0 spiro atoms. The molecular formula is C18H21BrClFN4O. The van der Waals surface area contributed by atoms with E-state index < -0.39 is 0 Å². The normalized spacial score (nSPS) is 15.5. The largest absolute Gasteiger partial charge is 0.339 e. The lowest BCUT2D eigenvalue weighted by molar-refractivity contribution is -0.133. The average Bonchev–Trinajstić information content (AvgIpc) is 2.86. The number of aromatic nitrogens is 2. The van der Waals surface area contributed by atoms with Crippen molar-refractivity contribution in [1.29, 1.82) is 0 Å². The van der Waals surface area contributed by atoms with Gasteiger partial charge in [0, 0.05) is 43.3 Å². The van der Waals surface area contributed by atoms with Gasteiger partial charge in [0.15, 0.2) is 0 Å². The minimum absolute atomic E-state index is 0.0478. The SMILES string of the molecule is Cc1nn(CC(=O)N2CCN(Cc3c(F)cccc3Cl)CC2)c(C)c1Br. The van der Waals surface area contributed by atoms with E-state index in [9.17, 15) is 9.18 Å². The Labute approximate surface area is 165 Å². The molecule has 3 rings (SSSR count). The highest BCUT2D eigenvalue weighted by Crippen LogP contribution is 2.22. The summed E-state index contributed by atoms with van der Waals surface area (Å²) in [6.45, 7) is 7.15. The van der Waals surface area contributed by atoms with Gasteiger partial charge >= 0.3 is 0 Å². The average molecular weight is 444 g/mol. The predicted molar refractivity (Wildman–Crippen MR) is 103 cm³/mol. The first-order valence-electron chi connectivity index (χ1n) is 8.49. The van der Waals surface area contributed by atoms with Crippen LogP contribution in [0.1, 0.15) is 17.0 Å². The van der Waals surface area contributed by atoms with E-state index in [0.29, 0.717) is 43.3 Å². The van der Waals surface area contributed by atoms with Gasteiger partial charge in [0.2, 0.25) is 5.91 Å². The van der Waals surface area contributed by atoms with Gasteiger partial charge in [-0.2, -0.15) is 5.10 Å². The maximum absolute atomic E-state index is 13.9. The quantitative estimate of drug-likeness (QED) is 0.727. The zero-order valence-electron chi connectivity index (χ0n) is 14.8. The van der Waals surface area contributed by atoms with Crippen molar-refractivity contribution in [3.63, 3.8) is 0 Å². The number of nitrogens with zero attached hydrogens (tertiary/aromatic N) is 4. The van der Waals surface area contributed by atoms with E-state index in [-0.39, 0.29) is 18.3 Å². The second kappa shape index (κ2) is 8.06. The number of aryl methyl sites for hydroxylation is 1. The number of benzene rings is 1. The van der Waals surface area contributed by atoms with Crippen LogP contribution in [0.15, 0.2) is 22.7 Å². The summed E-state index contributed by atoms with van der Waals surface area (Å²) in [7, 11) is 0. The summed E-state index contributed by atoms with van der Waals surface area (Å²) < 4.78 is 16.6. The van der Waals surface area contributed by atoms with Crippen LogP contribution in [0.3, 0.4) is 0 Å². The first-order valence-corrected chi connectivity index (χ1v) is 9.66. The molecular weight excluding hydrogens is 423 g/mol. The van der Waals surface area contributed by atoms with Gasteiger partial charge < -0.3 is 4.90 Å². The molecule has 1 fully saturated rings. The Morgan fingerprint density at radius 2 is 1.96 bits per heavy atom. The minimum Gasteiger partial charge on any atom is -0.339 e. The topological polar surface area (TPSA) is 41.4 Å². The Kier molecular flexibility index (Phi) is 5.99. The fourth-order valence-corrected chi connectivity index (χ4v) is 3.63. The van der Waals surface area contributed by atoms with Gasteiger partial charge in [-0.1, -0.05) is 17.7 Å². The van der Waals surface area contributed by atoms with Crippen molar-refractivity contribution >= 4 is 33.4 Å². The summed E-state index contributed by atoms with van der Waals surface area (Å²) in [6, 6.07) is 4.73. The standard InChI is InChI=1S/C18H21BrClFN4O/c1-12-18(19)13(2)25(22-12)11-17(26)24-8-6-23(7-9-24)10-14-15(20)4-3-5-16(14)21/h3-5H,6-11H2,1-2H3. The van der Waals surface area contributed by atoms with Crippen LogP contribution >= 0.6 is 27.5 Å². The summed E-state index contributed by atoms with van der Waals surface area (Å²) in [5.41, 5.74) is 2.34. The molecule has 0 atom stereocenters. The van der Waals surface area contributed by atoms with Gasteiger partial charge in [-0.05, 0) is 41.9 Å². The van der Waals surface area contributed by atoms with Crippen LogP contribution in [0.25, 0.3) is 0 Å². The number of carbonyl (C=O) groups excluding carboxylic acids is 1. The molecule has 1 aliphatic heterocycles. The van der Waals surface area contributed by atoms with Crippen molar-refractivity contribution in [2.45, 2.75) is 26.9 Å². The van der Waals surface area contributed by atoms with Crippen molar-refractivity contribution in [2.75, 3.05) is 26.2 Å². The molecule has 1 aromatic carbocycles. The van der Waals surface area contributed by atoms with Crippen LogP contribution in [0.2, 0.25) is 5.02 Å². The van der Waals surface area contributed by atoms with Crippen LogP contribution in [0.4, 0.5) is 4.39 Å². The number of piperazine rings is 1. The molecule has 1 aliphatic rings. The van der Waals surface area contributed by atoms with Crippen molar-refractivity contribution in [3.05, 3.63) is 50.5 Å². The van der Waals surface area contributed by atoms with Crippen LogP contribution in [-0.2, 0) is 17.9 Å². The monoisotopic (exact) mass is 442 g/mol. The van der Waals surface area contributed by atoms with Gasteiger partial charge in [-0.3, -0.25) is 14.4 Å². The zero-order chi connectivity index (χ0) is 18.8. The van der Waals surface area contributed by atoms with E-state index in [1.165, 1.54) is 6.07 Å². The molecule has 8 heteroatoms. The van der Waals surface area contributed by atoms with Crippen LogP contribution in [0.5, 0.6) is 0 Å². The third-order valence-electron chi connectivity index (χ3n) is 4.75. The number of amides is 1. The van der Waals surface area contributed by atoms with E-state index in [2.05, 4.69) is 25.9 Å². The molecule has 2 heterocycles. The molecule has 5 nitrogen and oxygen atoms in total. The van der Waals surface area contributed by atoms with Gasteiger partial charge in [-0.25, -0.2) is 4.39 Å². The molecule has 2 aromatic rings. The first-order chi connectivity index (χ1) is 12.4. The lowest BCUT2D eigenvalue weighted by Gasteiger charge is -2.35. The number of hydrogen-bond donors (Lipinski definition) is 0. The van der Waals surface area contributed by atoms with Crippen LogP contribution < -0.4 is 0 Å². The summed E-state index contributed by atoms with van der Waals surface area (Å²) in [5.74, 6) is -0.238. The van der Waals surface area contributed by atoms with Gasteiger partial charge in [0.05, 0.1) is 15.9 Å². The summed E-state index contributed by atoms with van der Waals surface area (Å²) in [4.78, 5) is 16.5. The van der Waals surface area contributed by atoms with Crippen molar-refractivity contribution in [2.24, 2.45) is 0 Å². The van der Waals surface area contributed by atoms with Crippen molar-refractivity contribution in [1.82, 2.24) is 19.6 Å². The number of halogens is 3. The summed E-state index contributed by atoms with van der Waals surface area (Å²) >= 11 is 9.58. The Bertz CT molecular complexity index is 798. The number of hydrogen-bond acceptors (Lipinski definition) is 3. The summed E-state index contributed by atoms with van der Waals surface area (Å²) in [6.07, 6.45) is 0. The minimum atomic E-state index is -0.286. The summed E-state index contributed by atoms with van der Waals surface area (Å²) in [5, 5.41) is 4.83. The van der Waals surface area contributed by atoms with Crippen molar-refractivity contribution in [3.8, 4) is 0 Å². The molecule has 0 N–H and O–H groups in total. The molecule has 0 radical (unpaired) electrons. The lowest BCUT2D eigenvalue weighted by Crippen LogP contribution is -2.49. The molecule has 140 valence electrons. The third kappa shape index (κ3) is 4.10. The zero-order valence-corrected chi connectivity index (χ0v) is 17.1. The van der Waals surface area contributed by atoms with E-state index in [1.54, 1.807) is 16.8 Å². The van der Waals surface area contributed by atoms with E-state index >= 15 is 0 Å². The molecule has 0 saturated carbocycles. The fraction of sp³-hybridized carbons (Fsp3) is 0.444. The van der Waals surface area contributed by atoms with Gasteiger partial charge in [0.1, 0.15) is 12.4 Å². The van der Waals surface area contributed by atoms with E-state index in [0.717, 1.165) is 15.9 Å². The molecule has 0 aliphatic carbocycles. The Balaban J connectivity index is 1.56. The lowest BCUT2D eigenvalue weighted by atomic mass is 10.2. The Morgan fingerprint density at radius 1 is 1.27 bits per heavy atom. The molecule has 0 bridgehead atoms. The second-order valence-electron chi connectivity index (χ2n) is 6.50. The highest BCUT2D eigenvalue weighted by molar-refractivity contribution is 9.10. The third-order valence-corrected chi connectivity index (χ3v) is 6.25. The van der Waals surface area contributed by atoms with Gasteiger partial charge in [0.25, 0.3) is 0 Å². The first kappa shape index (κ1) is 19.3. The van der Waals surface area contributed by atoms with Crippen LogP contribution in [-0.4, -0.2) is 51.7 Å². The van der Waals surface area contributed by atoms with E-state index in [1.807, 2.05) is 18.7 Å². The van der Waals surface area contributed by atoms with E-state index in [4.69, 9.17) is 11.6 Å². The van der Waals surface area contributed by atoms with Crippen LogP contribution in [0, 0.1) is 19.7 Å². The second-order valence-corrected chi connectivity index (χ2v) is 7.70. The molecule has 0 unspecified atom stereocenters. The smallest absolute Gasteiger partial charge is 0.244 e. The predicted octanol–water partition coefficient (Wildman–Crippen LogP) is 3.40. The molecule has 26 heavy (non-hydrogen) atoms. The fourth-order valence-electron chi connectivity index (χ4n) is 3.12. The number of carbonyl (C=O) groups is 1. The Morgan fingerprint density at radius 3 is 2.54 bits per heavy atom.